The first-order chi connectivity index (χ1) is 14.9. The van der Waals surface area contributed by atoms with E-state index in [1.165, 1.54) is 41.4 Å². The van der Waals surface area contributed by atoms with Gasteiger partial charge < -0.3 is 10.1 Å². The largest absolute Gasteiger partial charge is 0.462 e. The zero-order valence-electron chi connectivity index (χ0n) is 18.0. The van der Waals surface area contributed by atoms with E-state index in [1.54, 1.807) is 6.92 Å². The molecule has 0 radical (unpaired) electrons. The van der Waals surface area contributed by atoms with Crippen LogP contribution in [-0.4, -0.2) is 74.4 Å². The van der Waals surface area contributed by atoms with Crippen LogP contribution in [0.2, 0.25) is 0 Å². The lowest BCUT2D eigenvalue weighted by Crippen LogP contribution is -2.46. The third kappa shape index (κ3) is 5.10. The van der Waals surface area contributed by atoms with Gasteiger partial charge in [0.05, 0.1) is 17.1 Å². The van der Waals surface area contributed by atoms with E-state index in [2.05, 4.69) is 10.2 Å². The number of rotatable bonds is 7. The molecule has 1 aromatic carbocycles. The molecule has 9 heteroatoms. The number of carbonyl (C=O) groups excluding carboxylic acids is 2. The third-order valence-corrected chi connectivity index (χ3v) is 8.37. The van der Waals surface area contributed by atoms with Crippen LogP contribution in [0.25, 0.3) is 0 Å². The molecule has 170 valence electrons. The minimum atomic E-state index is -3.66. The molecule has 4 rings (SSSR count). The Balaban J connectivity index is 1.29. The number of ether oxygens (including phenoxy) is 1. The zero-order chi connectivity index (χ0) is 22.0. The average Bonchev–Trinajstić information content (AvgIpc) is 3.53. The van der Waals surface area contributed by atoms with Crippen molar-refractivity contribution in [3.63, 3.8) is 0 Å². The molecule has 0 aromatic heterocycles. The number of benzene rings is 1. The number of sulfonamides is 1. The number of piperidine rings is 1. The van der Waals surface area contributed by atoms with E-state index in [4.69, 9.17) is 4.74 Å². The molecule has 1 N–H and O–H groups in total. The van der Waals surface area contributed by atoms with Gasteiger partial charge in [-0.3, -0.25) is 9.69 Å². The summed E-state index contributed by atoms with van der Waals surface area (Å²) < 4.78 is 32.3. The summed E-state index contributed by atoms with van der Waals surface area (Å²) in [5.41, 5.74) is 0.323. The molecule has 1 atom stereocenters. The Hall–Kier alpha value is -1.97. The van der Waals surface area contributed by atoms with Crippen molar-refractivity contribution in [2.75, 3.05) is 32.8 Å². The van der Waals surface area contributed by atoms with Gasteiger partial charge >= 0.3 is 5.97 Å². The molecule has 2 aliphatic heterocycles. The predicted octanol–water partition coefficient (Wildman–Crippen LogP) is 1.62. The monoisotopic (exact) mass is 449 g/mol. The van der Waals surface area contributed by atoms with E-state index in [1.807, 2.05) is 0 Å². The fourth-order valence-corrected chi connectivity index (χ4v) is 5.95. The maximum Gasteiger partial charge on any atom is 0.338 e. The van der Waals surface area contributed by atoms with Crippen molar-refractivity contribution in [2.24, 2.45) is 5.92 Å². The van der Waals surface area contributed by atoms with E-state index >= 15 is 0 Å². The molecule has 2 heterocycles. The quantitative estimate of drug-likeness (QED) is 0.636. The lowest BCUT2D eigenvalue weighted by atomic mass is 9.97. The number of carbonyl (C=O) groups is 2. The van der Waals surface area contributed by atoms with Gasteiger partial charge in [0, 0.05) is 44.2 Å². The van der Waals surface area contributed by atoms with Gasteiger partial charge in [0.15, 0.2) is 0 Å². The van der Waals surface area contributed by atoms with Crippen LogP contribution in [0.15, 0.2) is 29.2 Å². The van der Waals surface area contributed by atoms with Crippen molar-refractivity contribution in [1.82, 2.24) is 14.5 Å². The lowest BCUT2D eigenvalue weighted by Gasteiger charge is -2.31. The zero-order valence-corrected chi connectivity index (χ0v) is 18.8. The van der Waals surface area contributed by atoms with Crippen molar-refractivity contribution in [3.05, 3.63) is 29.8 Å². The second-order valence-corrected chi connectivity index (χ2v) is 10.6. The van der Waals surface area contributed by atoms with E-state index in [0.29, 0.717) is 31.5 Å². The van der Waals surface area contributed by atoms with Crippen molar-refractivity contribution in [1.29, 1.82) is 0 Å². The summed E-state index contributed by atoms with van der Waals surface area (Å²) in [5, 5.41) is 3.18. The van der Waals surface area contributed by atoms with Crippen LogP contribution < -0.4 is 5.32 Å². The number of nitrogens with zero attached hydrogens (tertiary/aromatic N) is 2. The summed E-state index contributed by atoms with van der Waals surface area (Å²) in [4.78, 5) is 27.1. The van der Waals surface area contributed by atoms with E-state index in [0.717, 1.165) is 25.6 Å². The fraction of sp³-hybridized carbons (Fsp3) is 0.636. The molecule has 0 bridgehead atoms. The number of nitrogens with one attached hydrogen (secondary N) is 1. The molecule has 1 saturated carbocycles. The van der Waals surface area contributed by atoms with Crippen LogP contribution in [0, 0.1) is 5.92 Å². The molecule has 3 fully saturated rings. The van der Waals surface area contributed by atoms with E-state index in [-0.39, 0.29) is 29.4 Å². The van der Waals surface area contributed by atoms with Gasteiger partial charge in [0.1, 0.15) is 0 Å². The molecule has 0 spiro atoms. The Morgan fingerprint density at radius 2 is 1.71 bits per heavy atom. The SMILES string of the molecule is CCOC(=O)c1ccc(S(=O)(=O)N2CCC(C(=O)NC3CCN(C4CC4)C3)CC2)cc1. The van der Waals surface area contributed by atoms with Crippen molar-refractivity contribution in [2.45, 2.75) is 56.0 Å². The second kappa shape index (κ2) is 9.26. The topological polar surface area (TPSA) is 96.0 Å². The first kappa shape index (κ1) is 22.2. The lowest BCUT2D eigenvalue weighted by molar-refractivity contribution is -0.126. The Morgan fingerprint density at radius 3 is 2.32 bits per heavy atom. The number of amides is 1. The standard InChI is InChI=1S/C22H31N3O5S/c1-2-30-22(27)17-3-7-20(8-4-17)31(28,29)25-13-9-16(10-14-25)21(26)23-18-11-12-24(15-18)19-5-6-19/h3-4,7-8,16,18-19H,2,5-6,9-15H2,1H3,(H,23,26). The van der Waals surface area contributed by atoms with Crippen LogP contribution in [-0.2, 0) is 19.6 Å². The second-order valence-electron chi connectivity index (χ2n) is 8.64. The highest BCUT2D eigenvalue weighted by molar-refractivity contribution is 7.89. The Labute approximate surface area is 184 Å². The van der Waals surface area contributed by atoms with Crippen molar-refractivity contribution < 1.29 is 22.7 Å². The molecular weight excluding hydrogens is 418 g/mol. The molecule has 1 unspecified atom stereocenters. The van der Waals surface area contributed by atoms with Gasteiger partial charge in [-0.25, -0.2) is 13.2 Å². The molecule has 8 nitrogen and oxygen atoms in total. The third-order valence-electron chi connectivity index (χ3n) is 6.46. The maximum atomic E-state index is 13.0. The Kier molecular flexibility index (Phi) is 6.64. The summed E-state index contributed by atoms with van der Waals surface area (Å²) in [6.45, 7) is 4.61. The number of likely N-dealkylation sites (tertiary alicyclic amines) is 1. The molecule has 1 aliphatic carbocycles. The smallest absolute Gasteiger partial charge is 0.338 e. The normalized spacial score (nSPS) is 23.6. The first-order valence-electron chi connectivity index (χ1n) is 11.2. The predicted molar refractivity (Wildman–Crippen MR) is 115 cm³/mol. The minimum absolute atomic E-state index is 0.0542. The fourth-order valence-electron chi connectivity index (χ4n) is 4.48. The van der Waals surface area contributed by atoms with Crippen molar-refractivity contribution in [3.8, 4) is 0 Å². The van der Waals surface area contributed by atoms with Crippen LogP contribution in [0.3, 0.4) is 0 Å². The summed E-state index contributed by atoms with van der Waals surface area (Å²) >= 11 is 0. The van der Waals surface area contributed by atoms with Gasteiger partial charge in [-0.2, -0.15) is 4.31 Å². The van der Waals surface area contributed by atoms with Crippen molar-refractivity contribution >= 4 is 21.9 Å². The first-order valence-corrected chi connectivity index (χ1v) is 12.6. The highest BCUT2D eigenvalue weighted by Crippen LogP contribution is 2.30. The molecule has 3 aliphatic rings. The van der Waals surface area contributed by atoms with Gasteiger partial charge in [0.25, 0.3) is 0 Å². The molecule has 1 aromatic rings. The summed E-state index contributed by atoms with van der Waals surface area (Å²) in [6.07, 6.45) is 4.59. The molecule has 2 saturated heterocycles. The van der Waals surface area contributed by atoms with E-state index in [9.17, 15) is 18.0 Å². The summed E-state index contributed by atoms with van der Waals surface area (Å²) in [5.74, 6) is -0.563. The van der Waals surface area contributed by atoms with Crippen LogP contribution in [0.5, 0.6) is 0 Å². The maximum absolute atomic E-state index is 13.0. The van der Waals surface area contributed by atoms with Crippen LogP contribution >= 0.6 is 0 Å². The molecular formula is C22H31N3O5S. The summed E-state index contributed by atoms with van der Waals surface area (Å²) in [6, 6.07) is 6.75. The minimum Gasteiger partial charge on any atom is -0.462 e. The number of hydrogen-bond donors (Lipinski definition) is 1. The van der Waals surface area contributed by atoms with Gasteiger partial charge in [0.2, 0.25) is 15.9 Å². The number of hydrogen-bond acceptors (Lipinski definition) is 6. The van der Waals surface area contributed by atoms with Crippen LogP contribution in [0.1, 0.15) is 49.4 Å². The van der Waals surface area contributed by atoms with E-state index < -0.39 is 16.0 Å². The van der Waals surface area contributed by atoms with Gasteiger partial charge in [-0.15, -0.1) is 0 Å². The Morgan fingerprint density at radius 1 is 1.03 bits per heavy atom. The average molecular weight is 450 g/mol. The van der Waals surface area contributed by atoms with Gasteiger partial charge in [-0.05, 0) is 63.3 Å². The van der Waals surface area contributed by atoms with Gasteiger partial charge in [-0.1, -0.05) is 0 Å². The van der Waals surface area contributed by atoms with Crippen LogP contribution in [0.4, 0.5) is 0 Å². The molecule has 1 amide bonds. The summed E-state index contributed by atoms with van der Waals surface area (Å²) in [7, 11) is -3.66. The Bertz CT molecular complexity index is 906. The highest BCUT2D eigenvalue weighted by Gasteiger charge is 2.37. The number of esters is 1. The highest BCUT2D eigenvalue weighted by atomic mass is 32.2. The molecule has 31 heavy (non-hydrogen) atoms.